The van der Waals surface area contributed by atoms with Crippen LogP contribution < -0.4 is 21.3 Å². The van der Waals surface area contributed by atoms with E-state index in [1.165, 1.54) is 4.90 Å². The number of urea groups is 1. The molecule has 9 nitrogen and oxygen atoms in total. The van der Waals surface area contributed by atoms with Crippen LogP contribution in [0.25, 0.3) is 0 Å². The number of halogens is 3. The lowest BCUT2D eigenvalue weighted by atomic mass is 10.1. The summed E-state index contributed by atoms with van der Waals surface area (Å²) in [7, 11) is 0. The number of likely N-dealkylation sites (tertiary alicyclic amines) is 1. The first-order valence-corrected chi connectivity index (χ1v) is 11.7. The zero-order chi connectivity index (χ0) is 26.2. The molecule has 2 atom stereocenters. The topological polar surface area (TPSA) is 123 Å². The summed E-state index contributed by atoms with van der Waals surface area (Å²) in [6.45, 7) is 6.54. The number of carbonyl (C=O) groups excluding carboxylic acids is 3. The van der Waals surface area contributed by atoms with Crippen LogP contribution >= 0.6 is 0 Å². The predicted molar refractivity (Wildman–Crippen MR) is 125 cm³/mol. The highest BCUT2D eigenvalue weighted by molar-refractivity contribution is 6.04. The number of alkyl halides is 3. The average molecular weight is 502 g/mol. The SMILES string of the molecule is CCC[C@H](O)[C@H](CNC(C)C)NC(=O)CNC(=O)c1cc(C(F)(F)F)ccc1NC(=O)N1CCC1. The summed E-state index contributed by atoms with van der Waals surface area (Å²) in [6.07, 6.45) is -3.52. The maximum absolute atomic E-state index is 13.2. The maximum Gasteiger partial charge on any atom is 0.416 e. The Kier molecular flexibility index (Phi) is 10.3. The second-order valence-corrected chi connectivity index (χ2v) is 8.80. The summed E-state index contributed by atoms with van der Waals surface area (Å²) in [5.74, 6) is -1.56. The van der Waals surface area contributed by atoms with E-state index in [-0.39, 0.29) is 11.7 Å². The van der Waals surface area contributed by atoms with Crippen molar-refractivity contribution in [1.29, 1.82) is 0 Å². The molecule has 4 amide bonds. The van der Waals surface area contributed by atoms with Gasteiger partial charge >= 0.3 is 12.2 Å². The summed E-state index contributed by atoms with van der Waals surface area (Å²) < 4.78 is 39.7. The smallest absolute Gasteiger partial charge is 0.391 e. The Morgan fingerprint density at radius 1 is 1.17 bits per heavy atom. The highest BCUT2D eigenvalue weighted by Gasteiger charge is 2.32. The molecule has 1 aliphatic heterocycles. The molecule has 0 unspecified atom stereocenters. The van der Waals surface area contributed by atoms with Gasteiger partial charge in [-0.25, -0.2) is 4.79 Å². The Morgan fingerprint density at radius 2 is 1.86 bits per heavy atom. The number of hydrogen-bond donors (Lipinski definition) is 5. The van der Waals surface area contributed by atoms with Crippen molar-refractivity contribution in [3.63, 3.8) is 0 Å². The number of carbonyl (C=O) groups is 3. The quantitative estimate of drug-likeness (QED) is 0.319. The summed E-state index contributed by atoms with van der Waals surface area (Å²) >= 11 is 0. The highest BCUT2D eigenvalue weighted by Crippen LogP contribution is 2.32. The van der Waals surface area contributed by atoms with Crippen molar-refractivity contribution in [2.45, 2.75) is 64.4 Å². The van der Waals surface area contributed by atoms with Gasteiger partial charge in [0.25, 0.3) is 5.91 Å². The molecule has 1 heterocycles. The first-order valence-electron chi connectivity index (χ1n) is 11.7. The van der Waals surface area contributed by atoms with Crippen molar-refractivity contribution in [1.82, 2.24) is 20.9 Å². The van der Waals surface area contributed by atoms with Gasteiger partial charge in [0.15, 0.2) is 0 Å². The number of benzene rings is 1. The molecule has 1 aromatic carbocycles. The number of aliphatic hydroxyl groups is 1. The molecule has 1 aromatic rings. The van der Waals surface area contributed by atoms with Gasteiger partial charge < -0.3 is 31.3 Å². The largest absolute Gasteiger partial charge is 0.416 e. The van der Waals surface area contributed by atoms with Crippen molar-refractivity contribution in [3.8, 4) is 0 Å². The van der Waals surface area contributed by atoms with Crippen molar-refractivity contribution in [2.24, 2.45) is 0 Å². The number of rotatable bonds is 11. The molecule has 2 rings (SSSR count). The van der Waals surface area contributed by atoms with Crippen LogP contribution in [0.4, 0.5) is 23.7 Å². The lowest BCUT2D eigenvalue weighted by molar-refractivity contribution is -0.137. The second-order valence-electron chi connectivity index (χ2n) is 8.80. The molecule has 0 radical (unpaired) electrons. The molecule has 1 fully saturated rings. The molecule has 5 N–H and O–H groups in total. The van der Waals surface area contributed by atoms with E-state index in [0.29, 0.717) is 38.5 Å². The lowest BCUT2D eigenvalue weighted by Gasteiger charge is -2.31. The Bertz CT molecular complexity index is 890. The predicted octanol–water partition coefficient (Wildman–Crippen LogP) is 2.32. The molecule has 0 aromatic heterocycles. The molecule has 12 heteroatoms. The maximum atomic E-state index is 13.2. The normalized spacial score (nSPS) is 15.3. The number of aliphatic hydroxyl groups excluding tert-OH is 1. The molecule has 196 valence electrons. The van der Waals surface area contributed by atoms with Gasteiger partial charge in [0.1, 0.15) is 0 Å². The van der Waals surface area contributed by atoms with E-state index in [1.54, 1.807) is 0 Å². The Labute approximate surface area is 202 Å². The van der Waals surface area contributed by atoms with Gasteiger partial charge in [-0.05, 0) is 31.0 Å². The van der Waals surface area contributed by atoms with Crippen LogP contribution in [0.1, 0.15) is 56.0 Å². The van der Waals surface area contributed by atoms with E-state index in [0.717, 1.165) is 18.6 Å². The molecule has 0 saturated carbocycles. The van der Waals surface area contributed by atoms with Crippen molar-refractivity contribution in [3.05, 3.63) is 29.3 Å². The van der Waals surface area contributed by atoms with Crippen LogP contribution in [0, 0.1) is 0 Å². The third-order valence-electron chi connectivity index (χ3n) is 5.53. The molecular formula is C23H34F3N5O4. The fourth-order valence-corrected chi connectivity index (χ4v) is 3.39. The van der Waals surface area contributed by atoms with Gasteiger partial charge in [-0.1, -0.05) is 27.2 Å². The molecule has 1 saturated heterocycles. The van der Waals surface area contributed by atoms with E-state index in [1.807, 2.05) is 20.8 Å². The summed E-state index contributed by atoms with van der Waals surface area (Å²) in [6, 6.07) is 1.42. The number of anilines is 1. The number of nitrogens with one attached hydrogen (secondary N) is 4. The van der Waals surface area contributed by atoms with E-state index < -0.39 is 53.8 Å². The zero-order valence-corrected chi connectivity index (χ0v) is 20.2. The van der Waals surface area contributed by atoms with Crippen LogP contribution in [0.2, 0.25) is 0 Å². The van der Waals surface area contributed by atoms with Gasteiger partial charge in [0.2, 0.25) is 5.91 Å². The fraction of sp³-hybridized carbons (Fsp3) is 0.609. The van der Waals surface area contributed by atoms with Crippen molar-refractivity contribution in [2.75, 3.05) is 31.5 Å². The summed E-state index contributed by atoms with van der Waals surface area (Å²) in [4.78, 5) is 38.9. The number of amides is 4. The molecule has 35 heavy (non-hydrogen) atoms. The summed E-state index contributed by atoms with van der Waals surface area (Å²) in [5.41, 5.74) is -1.56. The van der Waals surface area contributed by atoms with Gasteiger partial charge in [-0.15, -0.1) is 0 Å². The van der Waals surface area contributed by atoms with Crippen LogP contribution in [-0.4, -0.2) is 72.2 Å². The van der Waals surface area contributed by atoms with E-state index in [2.05, 4.69) is 21.3 Å². The molecule has 0 bridgehead atoms. The van der Waals surface area contributed by atoms with Gasteiger partial charge in [-0.2, -0.15) is 13.2 Å². The molecule has 1 aliphatic rings. The Morgan fingerprint density at radius 3 is 2.40 bits per heavy atom. The van der Waals surface area contributed by atoms with E-state index in [9.17, 15) is 32.7 Å². The van der Waals surface area contributed by atoms with Crippen molar-refractivity contribution < 1.29 is 32.7 Å². The van der Waals surface area contributed by atoms with Gasteiger partial charge in [-0.3, -0.25) is 9.59 Å². The lowest BCUT2D eigenvalue weighted by Crippen LogP contribution is -2.52. The van der Waals surface area contributed by atoms with Crippen LogP contribution in [0.3, 0.4) is 0 Å². The van der Waals surface area contributed by atoms with E-state index >= 15 is 0 Å². The average Bonchev–Trinajstić information content (AvgIpc) is 2.73. The number of hydrogen-bond acceptors (Lipinski definition) is 5. The first kappa shape index (κ1) is 28.4. The van der Waals surface area contributed by atoms with Crippen LogP contribution in [-0.2, 0) is 11.0 Å². The van der Waals surface area contributed by atoms with Gasteiger partial charge in [0, 0.05) is 25.7 Å². The third kappa shape index (κ3) is 8.70. The third-order valence-corrected chi connectivity index (χ3v) is 5.53. The van der Waals surface area contributed by atoms with Crippen LogP contribution in [0.15, 0.2) is 18.2 Å². The van der Waals surface area contributed by atoms with Crippen LogP contribution in [0.5, 0.6) is 0 Å². The second kappa shape index (κ2) is 12.7. The standard InChI is InChI=1S/C23H34F3N5O4/c1-4-6-19(32)18(12-27-14(2)3)29-20(33)13-28-21(34)16-11-15(23(24,25)26)7-8-17(16)30-22(35)31-9-5-10-31/h7-8,11,14,18-19,27,32H,4-6,9-10,12-13H2,1-3H3,(H,28,34)(H,29,33)(H,30,35)/t18-,19-/m0/s1. The summed E-state index contributed by atoms with van der Waals surface area (Å²) in [5, 5.41) is 20.9. The minimum atomic E-state index is -4.70. The zero-order valence-electron chi connectivity index (χ0n) is 20.2. The fourth-order valence-electron chi connectivity index (χ4n) is 3.39. The van der Waals surface area contributed by atoms with Crippen molar-refractivity contribution >= 4 is 23.5 Å². The minimum absolute atomic E-state index is 0.0924. The molecule has 0 aliphatic carbocycles. The first-order chi connectivity index (χ1) is 16.4. The monoisotopic (exact) mass is 501 g/mol. The Hall–Kier alpha value is -2.86. The van der Waals surface area contributed by atoms with E-state index in [4.69, 9.17) is 0 Å². The van der Waals surface area contributed by atoms with Gasteiger partial charge in [0.05, 0.1) is 35.5 Å². The molecular weight excluding hydrogens is 467 g/mol. The highest BCUT2D eigenvalue weighted by atomic mass is 19.4. The molecule has 0 spiro atoms. The minimum Gasteiger partial charge on any atom is -0.391 e. The number of nitrogens with zero attached hydrogens (tertiary/aromatic N) is 1. The Balaban J connectivity index is 2.09.